The lowest BCUT2D eigenvalue weighted by molar-refractivity contribution is 0.126. The highest BCUT2D eigenvalue weighted by molar-refractivity contribution is 7.89. The van der Waals surface area contributed by atoms with E-state index < -0.39 is 23.0 Å². The van der Waals surface area contributed by atoms with Gasteiger partial charge in [-0.3, -0.25) is 0 Å². The summed E-state index contributed by atoms with van der Waals surface area (Å²) in [5.41, 5.74) is 1.70. The van der Waals surface area contributed by atoms with E-state index in [2.05, 4.69) is 0 Å². The standard InChI is InChI=1S/C12H17F2NO3S/c1-8-4-9(2)11(5-10(8)7-16)19(17,18)15(3)6-12(13)14/h4-5,12,16H,6-7H2,1-3H3. The molecule has 0 heterocycles. The lowest BCUT2D eigenvalue weighted by atomic mass is 10.1. The fourth-order valence-electron chi connectivity index (χ4n) is 1.78. The molecule has 0 unspecified atom stereocenters. The number of hydrogen-bond acceptors (Lipinski definition) is 3. The Morgan fingerprint density at radius 1 is 1.26 bits per heavy atom. The molecule has 0 saturated carbocycles. The Morgan fingerprint density at radius 2 is 1.84 bits per heavy atom. The summed E-state index contributed by atoms with van der Waals surface area (Å²) in [6.07, 6.45) is -2.73. The first-order valence-electron chi connectivity index (χ1n) is 5.65. The molecule has 19 heavy (non-hydrogen) atoms. The number of halogens is 2. The molecule has 108 valence electrons. The zero-order chi connectivity index (χ0) is 14.8. The van der Waals surface area contributed by atoms with Crippen LogP contribution < -0.4 is 0 Å². The summed E-state index contributed by atoms with van der Waals surface area (Å²) in [5.74, 6) is 0. The monoisotopic (exact) mass is 293 g/mol. The van der Waals surface area contributed by atoms with Crippen LogP contribution in [0.3, 0.4) is 0 Å². The quantitative estimate of drug-likeness (QED) is 0.898. The first kappa shape index (κ1) is 16.0. The molecule has 0 amide bonds. The van der Waals surface area contributed by atoms with Crippen molar-refractivity contribution in [3.8, 4) is 0 Å². The minimum absolute atomic E-state index is 0.0506. The number of rotatable bonds is 5. The molecule has 0 aliphatic heterocycles. The molecule has 0 aliphatic rings. The third-order valence-corrected chi connectivity index (χ3v) is 4.85. The highest BCUT2D eigenvalue weighted by Gasteiger charge is 2.25. The van der Waals surface area contributed by atoms with Gasteiger partial charge in [0.15, 0.2) is 0 Å². The van der Waals surface area contributed by atoms with Crippen molar-refractivity contribution in [2.75, 3.05) is 13.6 Å². The van der Waals surface area contributed by atoms with Crippen molar-refractivity contribution in [3.05, 3.63) is 28.8 Å². The molecule has 0 saturated heterocycles. The number of sulfonamides is 1. The Balaban J connectivity index is 3.28. The summed E-state index contributed by atoms with van der Waals surface area (Å²) in [5, 5.41) is 9.16. The number of alkyl halides is 2. The summed E-state index contributed by atoms with van der Waals surface area (Å²) in [6.45, 7) is 2.19. The fourth-order valence-corrected chi connectivity index (χ4v) is 3.18. The van der Waals surface area contributed by atoms with Crippen molar-refractivity contribution in [2.45, 2.75) is 31.8 Å². The Hall–Kier alpha value is -1.05. The van der Waals surface area contributed by atoms with Gasteiger partial charge in [-0.1, -0.05) is 6.07 Å². The summed E-state index contributed by atoms with van der Waals surface area (Å²) < 4.78 is 49.6. The molecule has 1 N–H and O–H groups in total. The number of aryl methyl sites for hydroxylation is 2. The van der Waals surface area contributed by atoms with E-state index in [1.807, 2.05) is 0 Å². The van der Waals surface area contributed by atoms with E-state index >= 15 is 0 Å². The van der Waals surface area contributed by atoms with Gasteiger partial charge in [-0.05, 0) is 36.6 Å². The minimum Gasteiger partial charge on any atom is -0.392 e. The van der Waals surface area contributed by atoms with Crippen LogP contribution in [0.2, 0.25) is 0 Å². The van der Waals surface area contributed by atoms with Gasteiger partial charge < -0.3 is 5.11 Å². The molecular formula is C12H17F2NO3S. The predicted octanol–water partition coefficient (Wildman–Crippen LogP) is 1.68. The van der Waals surface area contributed by atoms with Crippen LogP contribution in [0, 0.1) is 13.8 Å². The lowest BCUT2D eigenvalue weighted by Crippen LogP contribution is -2.32. The SMILES string of the molecule is Cc1cc(C)c(S(=O)(=O)N(C)CC(F)F)cc1CO. The maximum Gasteiger partial charge on any atom is 0.252 e. The average Bonchev–Trinajstić information content (AvgIpc) is 2.27. The van der Waals surface area contributed by atoms with Crippen LogP contribution in [0.15, 0.2) is 17.0 Å². The van der Waals surface area contributed by atoms with Crippen LogP contribution >= 0.6 is 0 Å². The highest BCUT2D eigenvalue weighted by Crippen LogP contribution is 2.23. The van der Waals surface area contributed by atoms with Crippen LogP contribution in [-0.2, 0) is 16.6 Å². The topological polar surface area (TPSA) is 57.6 Å². The second-order valence-electron chi connectivity index (χ2n) is 4.38. The zero-order valence-corrected chi connectivity index (χ0v) is 11.8. The average molecular weight is 293 g/mol. The maximum atomic E-state index is 12.3. The molecule has 4 nitrogen and oxygen atoms in total. The van der Waals surface area contributed by atoms with Crippen molar-refractivity contribution in [1.82, 2.24) is 4.31 Å². The Labute approximate surface area is 111 Å². The second-order valence-corrected chi connectivity index (χ2v) is 6.39. The van der Waals surface area contributed by atoms with E-state index in [1.165, 1.54) is 6.07 Å². The van der Waals surface area contributed by atoms with Crippen LogP contribution in [0.1, 0.15) is 16.7 Å². The van der Waals surface area contributed by atoms with Crippen molar-refractivity contribution in [1.29, 1.82) is 0 Å². The van der Waals surface area contributed by atoms with E-state index in [-0.39, 0.29) is 11.5 Å². The molecule has 0 atom stereocenters. The van der Waals surface area contributed by atoms with E-state index in [1.54, 1.807) is 19.9 Å². The molecule has 0 fully saturated rings. The third-order valence-electron chi connectivity index (χ3n) is 2.89. The van der Waals surface area contributed by atoms with E-state index in [4.69, 9.17) is 5.11 Å². The highest BCUT2D eigenvalue weighted by atomic mass is 32.2. The maximum absolute atomic E-state index is 12.3. The lowest BCUT2D eigenvalue weighted by Gasteiger charge is -2.19. The van der Waals surface area contributed by atoms with E-state index in [0.29, 0.717) is 15.4 Å². The van der Waals surface area contributed by atoms with Gasteiger partial charge in [0.1, 0.15) is 0 Å². The van der Waals surface area contributed by atoms with Crippen LogP contribution in [0.25, 0.3) is 0 Å². The Kier molecular flexibility index (Phi) is 5.00. The largest absolute Gasteiger partial charge is 0.392 e. The molecule has 1 aromatic carbocycles. The molecule has 1 aromatic rings. The predicted molar refractivity (Wildman–Crippen MR) is 67.7 cm³/mol. The summed E-state index contributed by atoms with van der Waals surface area (Å²) in [4.78, 5) is -0.0506. The third kappa shape index (κ3) is 3.49. The molecule has 7 heteroatoms. The number of hydrogen-bond donors (Lipinski definition) is 1. The molecule has 1 rings (SSSR count). The van der Waals surface area contributed by atoms with Gasteiger partial charge in [-0.25, -0.2) is 17.2 Å². The number of aliphatic hydroxyl groups excluding tert-OH is 1. The van der Waals surface area contributed by atoms with Crippen molar-refractivity contribution < 1.29 is 22.3 Å². The van der Waals surface area contributed by atoms with Crippen molar-refractivity contribution in [2.24, 2.45) is 0 Å². The molecule has 0 radical (unpaired) electrons. The van der Waals surface area contributed by atoms with E-state index in [9.17, 15) is 17.2 Å². The molecule has 0 aromatic heterocycles. The number of benzene rings is 1. The zero-order valence-electron chi connectivity index (χ0n) is 11.0. The van der Waals surface area contributed by atoms with Gasteiger partial charge >= 0.3 is 0 Å². The first-order valence-corrected chi connectivity index (χ1v) is 7.09. The molecule has 0 bridgehead atoms. The van der Waals surface area contributed by atoms with Crippen molar-refractivity contribution >= 4 is 10.0 Å². The molecule has 0 aliphatic carbocycles. The Morgan fingerprint density at radius 3 is 2.32 bits per heavy atom. The van der Waals surface area contributed by atoms with Gasteiger partial charge in [0.05, 0.1) is 18.0 Å². The van der Waals surface area contributed by atoms with Gasteiger partial charge in [-0.15, -0.1) is 0 Å². The normalized spacial score (nSPS) is 12.4. The van der Waals surface area contributed by atoms with Crippen LogP contribution in [-0.4, -0.2) is 37.8 Å². The first-order chi connectivity index (χ1) is 8.70. The van der Waals surface area contributed by atoms with Gasteiger partial charge in [0.25, 0.3) is 6.43 Å². The van der Waals surface area contributed by atoms with E-state index in [0.717, 1.165) is 12.6 Å². The second kappa shape index (κ2) is 5.94. The van der Waals surface area contributed by atoms with Crippen molar-refractivity contribution in [3.63, 3.8) is 0 Å². The molecule has 0 spiro atoms. The van der Waals surface area contributed by atoms with Gasteiger partial charge in [0.2, 0.25) is 10.0 Å². The smallest absolute Gasteiger partial charge is 0.252 e. The molecular weight excluding hydrogens is 276 g/mol. The number of aliphatic hydroxyl groups is 1. The fraction of sp³-hybridized carbons (Fsp3) is 0.500. The van der Waals surface area contributed by atoms with Crippen LogP contribution in [0.5, 0.6) is 0 Å². The van der Waals surface area contributed by atoms with Gasteiger partial charge in [0, 0.05) is 7.05 Å². The minimum atomic E-state index is -3.97. The summed E-state index contributed by atoms with van der Waals surface area (Å²) in [7, 11) is -2.86. The number of nitrogens with zero attached hydrogens (tertiary/aromatic N) is 1. The van der Waals surface area contributed by atoms with Gasteiger partial charge in [-0.2, -0.15) is 4.31 Å². The summed E-state index contributed by atoms with van der Waals surface area (Å²) in [6, 6.07) is 2.95. The summed E-state index contributed by atoms with van der Waals surface area (Å²) >= 11 is 0. The Bertz CT molecular complexity index is 558. The van der Waals surface area contributed by atoms with Crippen LogP contribution in [0.4, 0.5) is 8.78 Å².